The third-order valence-corrected chi connectivity index (χ3v) is 6.54. The monoisotopic (exact) mass is 447 g/mol. The molecule has 1 unspecified atom stereocenters. The Hall–Kier alpha value is -2.06. The molecule has 0 radical (unpaired) electrons. The molecule has 1 aliphatic rings. The Bertz CT molecular complexity index is 779. The normalized spacial score (nSPS) is 19.3. The maximum absolute atomic E-state index is 13.3. The van der Waals surface area contributed by atoms with Crippen LogP contribution >= 0.6 is 0 Å². The highest BCUT2D eigenvalue weighted by atomic mass is 16.3. The zero-order valence-electron chi connectivity index (χ0n) is 20.8. The zero-order valence-corrected chi connectivity index (χ0v) is 20.8. The fourth-order valence-corrected chi connectivity index (χ4v) is 4.12. The van der Waals surface area contributed by atoms with Crippen LogP contribution < -0.4 is 5.32 Å². The second-order valence-electron chi connectivity index (χ2n) is 9.89. The van der Waals surface area contributed by atoms with Gasteiger partial charge in [-0.1, -0.05) is 48.0 Å². The van der Waals surface area contributed by atoms with E-state index in [4.69, 9.17) is 0 Å². The van der Waals surface area contributed by atoms with E-state index in [1.165, 1.54) is 0 Å². The number of nitrogens with zero attached hydrogens (tertiary/aromatic N) is 4. The molecule has 0 saturated carbocycles. The van der Waals surface area contributed by atoms with E-state index in [1.807, 2.05) is 18.7 Å². The van der Waals surface area contributed by atoms with Crippen molar-refractivity contribution in [3.8, 4) is 0 Å². The number of amides is 2. The summed E-state index contributed by atoms with van der Waals surface area (Å²) in [7, 11) is 2.11. The van der Waals surface area contributed by atoms with E-state index in [-0.39, 0.29) is 47.7 Å². The van der Waals surface area contributed by atoms with Crippen molar-refractivity contribution in [2.75, 3.05) is 33.3 Å². The second kappa shape index (κ2) is 11.7. The first kappa shape index (κ1) is 26.2. The van der Waals surface area contributed by atoms with Crippen molar-refractivity contribution in [1.82, 2.24) is 25.3 Å². The van der Waals surface area contributed by atoms with Gasteiger partial charge in [-0.05, 0) is 42.9 Å². The van der Waals surface area contributed by atoms with E-state index in [2.05, 4.69) is 55.2 Å². The third-order valence-electron chi connectivity index (χ3n) is 6.54. The number of aliphatic hydroxyl groups is 1. The molecule has 32 heavy (non-hydrogen) atoms. The molecule has 0 bridgehead atoms. The summed E-state index contributed by atoms with van der Waals surface area (Å²) in [5, 5.41) is 20.7. The van der Waals surface area contributed by atoms with Crippen molar-refractivity contribution >= 4 is 11.8 Å². The van der Waals surface area contributed by atoms with Crippen molar-refractivity contribution in [1.29, 1.82) is 0 Å². The van der Waals surface area contributed by atoms with Crippen LogP contribution in [-0.2, 0) is 6.42 Å². The van der Waals surface area contributed by atoms with Crippen LogP contribution in [0.5, 0.6) is 0 Å². The molecule has 2 heterocycles. The molecule has 180 valence electrons. The Balaban J connectivity index is 2.27. The predicted octanol–water partition coefficient (Wildman–Crippen LogP) is 2.22. The SMILES string of the molecule is CCC(C)[C@H]1CN(C(=O)c2cc(CC(C)C)c(C(=O)N[C@H](CO)C(C)C)nn2)CCN1C. The molecule has 8 nitrogen and oxygen atoms in total. The lowest BCUT2D eigenvalue weighted by molar-refractivity contribution is 0.0435. The minimum Gasteiger partial charge on any atom is -0.394 e. The molecule has 2 amide bonds. The zero-order chi connectivity index (χ0) is 24.0. The Morgan fingerprint density at radius 3 is 2.44 bits per heavy atom. The summed E-state index contributed by atoms with van der Waals surface area (Å²) in [5.74, 6) is 0.361. The van der Waals surface area contributed by atoms with Gasteiger partial charge in [0.05, 0.1) is 12.6 Å². The highest BCUT2D eigenvalue weighted by molar-refractivity contribution is 5.96. The molecule has 0 aliphatic carbocycles. The van der Waals surface area contributed by atoms with Gasteiger partial charge in [0, 0.05) is 25.7 Å². The van der Waals surface area contributed by atoms with E-state index >= 15 is 0 Å². The van der Waals surface area contributed by atoms with Gasteiger partial charge in [0.2, 0.25) is 0 Å². The lowest BCUT2D eigenvalue weighted by Gasteiger charge is -2.42. The summed E-state index contributed by atoms with van der Waals surface area (Å²) in [6.07, 6.45) is 1.67. The second-order valence-corrected chi connectivity index (χ2v) is 9.89. The largest absolute Gasteiger partial charge is 0.394 e. The summed E-state index contributed by atoms with van der Waals surface area (Å²) in [4.78, 5) is 30.3. The molecule has 2 N–H and O–H groups in total. The molecular formula is C24H41N5O3. The van der Waals surface area contributed by atoms with Gasteiger partial charge in [0.15, 0.2) is 11.4 Å². The Labute approximate surface area is 192 Å². The summed E-state index contributed by atoms with van der Waals surface area (Å²) in [6.45, 7) is 14.4. The highest BCUT2D eigenvalue weighted by Gasteiger charge is 2.32. The molecule has 1 aromatic heterocycles. The van der Waals surface area contributed by atoms with E-state index < -0.39 is 0 Å². The number of carbonyl (C=O) groups is 2. The van der Waals surface area contributed by atoms with Crippen LogP contribution in [-0.4, -0.2) is 82.3 Å². The van der Waals surface area contributed by atoms with Crippen molar-refractivity contribution in [2.24, 2.45) is 17.8 Å². The standard InChI is InChI=1S/C24H41N5O3/c1-8-17(6)21-13-29(10-9-28(21)7)24(32)19-12-18(11-15(2)3)22(27-26-19)23(31)25-20(14-30)16(4)5/h12,15-17,20-21,30H,8-11,13-14H2,1-7H3,(H,25,31)/t17?,20-,21-/m1/s1. The van der Waals surface area contributed by atoms with E-state index in [9.17, 15) is 14.7 Å². The topological polar surface area (TPSA) is 98.7 Å². The third kappa shape index (κ3) is 6.48. The van der Waals surface area contributed by atoms with Crippen LogP contribution in [0.1, 0.15) is 74.5 Å². The average molecular weight is 448 g/mol. The summed E-state index contributed by atoms with van der Waals surface area (Å²) >= 11 is 0. The van der Waals surface area contributed by atoms with Gasteiger partial charge in [0.1, 0.15) is 0 Å². The van der Waals surface area contributed by atoms with Gasteiger partial charge in [0.25, 0.3) is 11.8 Å². The van der Waals surface area contributed by atoms with Gasteiger partial charge < -0.3 is 15.3 Å². The van der Waals surface area contributed by atoms with Gasteiger partial charge in [-0.25, -0.2) is 0 Å². The first-order chi connectivity index (χ1) is 15.1. The van der Waals surface area contributed by atoms with Crippen molar-refractivity contribution in [3.63, 3.8) is 0 Å². The molecule has 8 heteroatoms. The molecular weight excluding hydrogens is 406 g/mol. The molecule has 2 rings (SSSR count). The van der Waals surface area contributed by atoms with Crippen molar-refractivity contribution in [2.45, 2.75) is 66.5 Å². The van der Waals surface area contributed by atoms with Crippen LogP contribution in [0.4, 0.5) is 0 Å². The Morgan fingerprint density at radius 1 is 1.19 bits per heavy atom. The van der Waals surface area contributed by atoms with Crippen LogP contribution in [0, 0.1) is 17.8 Å². The molecule has 1 aliphatic heterocycles. The van der Waals surface area contributed by atoms with Crippen LogP contribution in [0.25, 0.3) is 0 Å². The number of aliphatic hydroxyl groups excluding tert-OH is 1. The number of hydrogen-bond donors (Lipinski definition) is 2. The van der Waals surface area contributed by atoms with E-state index in [1.54, 1.807) is 6.07 Å². The smallest absolute Gasteiger partial charge is 0.274 e. The minimum atomic E-state index is -0.365. The van der Waals surface area contributed by atoms with Gasteiger partial charge in [-0.3, -0.25) is 14.5 Å². The number of rotatable bonds is 9. The minimum absolute atomic E-state index is 0.0852. The number of likely N-dealkylation sites (N-methyl/N-ethyl adjacent to an activating group) is 1. The predicted molar refractivity (Wildman–Crippen MR) is 126 cm³/mol. The summed E-state index contributed by atoms with van der Waals surface area (Å²) in [5.41, 5.74) is 1.22. The molecule has 1 aromatic rings. The number of piperazine rings is 1. The number of nitrogens with one attached hydrogen (secondary N) is 1. The van der Waals surface area contributed by atoms with Crippen LogP contribution in [0.3, 0.4) is 0 Å². The highest BCUT2D eigenvalue weighted by Crippen LogP contribution is 2.21. The van der Waals surface area contributed by atoms with Crippen molar-refractivity contribution < 1.29 is 14.7 Å². The first-order valence-electron chi connectivity index (χ1n) is 11.9. The quantitative estimate of drug-likeness (QED) is 0.602. The molecule has 1 fully saturated rings. The number of hydrogen-bond acceptors (Lipinski definition) is 6. The molecule has 3 atom stereocenters. The molecule has 1 saturated heterocycles. The Morgan fingerprint density at radius 2 is 1.88 bits per heavy atom. The van der Waals surface area contributed by atoms with Crippen molar-refractivity contribution in [3.05, 3.63) is 23.0 Å². The maximum Gasteiger partial charge on any atom is 0.274 e. The van der Waals surface area contributed by atoms with E-state index in [0.717, 1.165) is 13.0 Å². The molecule has 0 spiro atoms. The lowest BCUT2D eigenvalue weighted by atomic mass is 9.95. The molecule has 0 aromatic carbocycles. The number of carbonyl (C=O) groups excluding carboxylic acids is 2. The van der Waals surface area contributed by atoms with Gasteiger partial charge in [-0.15, -0.1) is 10.2 Å². The van der Waals surface area contributed by atoms with Crippen LogP contribution in [0.15, 0.2) is 6.07 Å². The van der Waals surface area contributed by atoms with Gasteiger partial charge >= 0.3 is 0 Å². The Kier molecular flexibility index (Phi) is 9.58. The number of aromatic nitrogens is 2. The summed E-state index contributed by atoms with van der Waals surface area (Å²) < 4.78 is 0. The van der Waals surface area contributed by atoms with Crippen LogP contribution in [0.2, 0.25) is 0 Å². The summed E-state index contributed by atoms with van der Waals surface area (Å²) in [6, 6.07) is 1.68. The average Bonchev–Trinajstić information content (AvgIpc) is 2.75. The fourth-order valence-electron chi connectivity index (χ4n) is 4.12. The van der Waals surface area contributed by atoms with E-state index in [0.29, 0.717) is 37.0 Å². The first-order valence-corrected chi connectivity index (χ1v) is 11.9. The van der Waals surface area contributed by atoms with Gasteiger partial charge in [-0.2, -0.15) is 0 Å². The fraction of sp³-hybridized carbons (Fsp3) is 0.750. The maximum atomic E-state index is 13.3. The lowest BCUT2D eigenvalue weighted by Crippen LogP contribution is -2.55.